The average molecular weight is 267 g/mol. The normalized spacial score (nSPS) is 11.4. The molecule has 0 radical (unpaired) electrons. The Kier molecular flexibility index (Phi) is 4.56. The molecule has 0 saturated carbocycles. The SMILES string of the molecule is Cc1cc(F)ccc1OCCCS(=O)(=O)Cl. The van der Waals surface area contributed by atoms with Crippen LogP contribution in [0.5, 0.6) is 5.75 Å². The summed E-state index contributed by atoms with van der Waals surface area (Å²) in [6.45, 7) is 1.95. The highest BCUT2D eigenvalue weighted by Crippen LogP contribution is 2.18. The molecular weight excluding hydrogens is 255 g/mol. The van der Waals surface area contributed by atoms with E-state index in [1.54, 1.807) is 6.92 Å². The number of benzene rings is 1. The van der Waals surface area contributed by atoms with Crippen molar-refractivity contribution in [1.29, 1.82) is 0 Å². The maximum Gasteiger partial charge on any atom is 0.232 e. The molecule has 0 aliphatic heterocycles. The van der Waals surface area contributed by atoms with Crippen molar-refractivity contribution >= 4 is 19.7 Å². The van der Waals surface area contributed by atoms with Crippen molar-refractivity contribution in [3.05, 3.63) is 29.6 Å². The van der Waals surface area contributed by atoms with Gasteiger partial charge in [-0.25, -0.2) is 12.8 Å². The number of aryl methyl sites for hydroxylation is 1. The summed E-state index contributed by atoms with van der Waals surface area (Å²) in [5, 5.41) is 0. The van der Waals surface area contributed by atoms with Crippen molar-refractivity contribution in [2.24, 2.45) is 0 Å². The second kappa shape index (κ2) is 5.50. The summed E-state index contributed by atoms with van der Waals surface area (Å²) in [5.74, 6) is 0.0935. The minimum absolute atomic E-state index is 0.130. The highest BCUT2D eigenvalue weighted by Gasteiger charge is 2.05. The van der Waals surface area contributed by atoms with Crippen LogP contribution in [0.15, 0.2) is 18.2 Å². The Morgan fingerprint density at radius 1 is 1.44 bits per heavy atom. The van der Waals surface area contributed by atoms with Gasteiger partial charge < -0.3 is 4.74 Å². The Bertz CT molecular complexity index is 459. The minimum atomic E-state index is -3.46. The van der Waals surface area contributed by atoms with Gasteiger partial charge in [0.1, 0.15) is 11.6 Å². The molecule has 0 amide bonds. The molecule has 0 fully saturated rings. The van der Waals surface area contributed by atoms with Gasteiger partial charge in [0.25, 0.3) is 0 Å². The van der Waals surface area contributed by atoms with Crippen LogP contribution >= 0.6 is 10.7 Å². The van der Waals surface area contributed by atoms with Crippen molar-refractivity contribution < 1.29 is 17.5 Å². The zero-order valence-corrected chi connectivity index (χ0v) is 10.3. The molecule has 0 atom stereocenters. The fourth-order valence-corrected chi connectivity index (χ4v) is 1.98. The van der Waals surface area contributed by atoms with E-state index in [4.69, 9.17) is 15.4 Å². The van der Waals surface area contributed by atoms with Gasteiger partial charge in [-0.15, -0.1) is 0 Å². The molecule has 3 nitrogen and oxygen atoms in total. The zero-order valence-electron chi connectivity index (χ0n) is 8.74. The van der Waals surface area contributed by atoms with Crippen LogP contribution in [0, 0.1) is 12.7 Å². The molecule has 0 bridgehead atoms. The number of halogens is 2. The predicted octanol–water partition coefficient (Wildman–Crippen LogP) is 2.47. The Labute approximate surface area is 98.6 Å². The Balaban J connectivity index is 2.43. The van der Waals surface area contributed by atoms with Gasteiger partial charge >= 0.3 is 0 Å². The number of hydrogen-bond acceptors (Lipinski definition) is 3. The Morgan fingerprint density at radius 2 is 2.12 bits per heavy atom. The van der Waals surface area contributed by atoms with Gasteiger partial charge in [-0.1, -0.05) is 0 Å². The van der Waals surface area contributed by atoms with Crippen molar-refractivity contribution in [2.45, 2.75) is 13.3 Å². The molecule has 0 N–H and O–H groups in total. The molecule has 0 unspecified atom stereocenters. The first-order valence-corrected chi connectivity index (χ1v) is 7.17. The van der Waals surface area contributed by atoms with E-state index in [1.807, 2.05) is 0 Å². The lowest BCUT2D eigenvalue weighted by Crippen LogP contribution is -2.05. The fraction of sp³-hybridized carbons (Fsp3) is 0.400. The van der Waals surface area contributed by atoms with Gasteiger partial charge in [-0.05, 0) is 37.1 Å². The Hall–Kier alpha value is -0.810. The van der Waals surface area contributed by atoms with E-state index in [2.05, 4.69) is 0 Å². The van der Waals surface area contributed by atoms with Crippen molar-refractivity contribution in [3.8, 4) is 5.75 Å². The van der Waals surface area contributed by atoms with Gasteiger partial charge in [0.05, 0.1) is 12.4 Å². The standard InChI is InChI=1S/C10H12ClFO3S/c1-8-7-9(12)3-4-10(8)15-5-2-6-16(11,13)14/h3-4,7H,2,5-6H2,1H3. The summed E-state index contributed by atoms with van der Waals surface area (Å²) in [6, 6.07) is 4.16. The van der Waals surface area contributed by atoms with E-state index in [0.717, 1.165) is 0 Å². The highest BCUT2D eigenvalue weighted by molar-refractivity contribution is 8.13. The third kappa shape index (κ3) is 4.81. The van der Waals surface area contributed by atoms with Crippen LogP contribution in [0.1, 0.15) is 12.0 Å². The monoisotopic (exact) mass is 266 g/mol. The number of ether oxygens (including phenoxy) is 1. The van der Waals surface area contributed by atoms with E-state index in [-0.39, 0.29) is 18.2 Å². The molecule has 0 aromatic heterocycles. The molecule has 0 spiro atoms. The minimum Gasteiger partial charge on any atom is -0.493 e. The molecule has 1 rings (SSSR count). The molecule has 1 aromatic carbocycles. The molecule has 0 aliphatic carbocycles. The van der Waals surface area contributed by atoms with Crippen LogP contribution in [0.25, 0.3) is 0 Å². The van der Waals surface area contributed by atoms with E-state index in [9.17, 15) is 12.8 Å². The first-order chi connectivity index (χ1) is 7.38. The van der Waals surface area contributed by atoms with E-state index < -0.39 is 9.05 Å². The van der Waals surface area contributed by atoms with Crippen LogP contribution in [-0.4, -0.2) is 20.8 Å². The quantitative estimate of drug-likeness (QED) is 0.607. The third-order valence-electron chi connectivity index (χ3n) is 1.93. The van der Waals surface area contributed by atoms with E-state index >= 15 is 0 Å². The van der Waals surface area contributed by atoms with Crippen molar-refractivity contribution in [3.63, 3.8) is 0 Å². The summed E-state index contributed by atoms with van der Waals surface area (Å²) < 4.78 is 39.3. The Morgan fingerprint density at radius 3 is 2.69 bits per heavy atom. The summed E-state index contributed by atoms with van der Waals surface area (Å²) in [5.41, 5.74) is 0.675. The molecule has 6 heteroatoms. The second-order valence-electron chi connectivity index (χ2n) is 3.35. The second-order valence-corrected chi connectivity index (χ2v) is 6.25. The maximum absolute atomic E-state index is 12.7. The zero-order chi connectivity index (χ0) is 12.2. The van der Waals surface area contributed by atoms with Gasteiger partial charge in [0, 0.05) is 10.7 Å². The lowest BCUT2D eigenvalue weighted by atomic mass is 10.2. The van der Waals surface area contributed by atoms with E-state index in [1.165, 1.54) is 18.2 Å². The lowest BCUT2D eigenvalue weighted by molar-refractivity contribution is 0.315. The molecule has 90 valence electrons. The fourth-order valence-electron chi connectivity index (χ4n) is 1.19. The summed E-state index contributed by atoms with van der Waals surface area (Å²) in [6.07, 6.45) is 0.308. The van der Waals surface area contributed by atoms with Crippen LogP contribution < -0.4 is 4.74 Å². The average Bonchev–Trinajstić information content (AvgIpc) is 2.13. The first kappa shape index (κ1) is 13.3. The van der Waals surface area contributed by atoms with Crippen LogP contribution in [0.4, 0.5) is 4.39 Å². The van der Waals surface area contributed by atoms with E-state index in [0.29, 0.717) is 17.7 Å². The third-order valence-corrected chi connectivity index (χ3v) is 3.17. The molecule has 16 heavy (non-hydrogen) atoms. The molecule has 0 saturated heterocycles. The first-order valence-electron chi connectivity index (χ1n) is 4.70. The van der Waals surface area contributed by atoms with Crippen molar-refractivity contribution in [2.75, 3.05) is 12.4 Å². The highest BCUT2D eigenvalue weighted by atomic mass is 35.7. The van der Waals surface area contributed by atoms with Crippen LogP contribution in [-0.2, 0) is 9.05 Å². The molecule has 0 aliphatic rings. The van der Waals surface area contributed by atoms with Gasteiger partial charge in [-0.2, -0.15) is 0 Å². The van der Waals surface area contributed by atoms with Gasteiger partial charge in [0.2, 0.25) is 9.05 Å². The van der Waals surface area contributed by atoms with Gasteiger partial charge in [-0.3, -0.25) is 0 Å². The number of hydrogen-bond donors (Lipinski definition) is 0. The van der Waals surface area contributed by atoms with Crippen molar-refractivity contribution in [1.82, 2.24) is 0 Å². The smallest absolute Gasteiger partial charge is 0.232 e. The van der Waals surface area contributed by atoms with Crippen LogP contribution in [0.2, 0.25) is 0 Å². The van der Waals surface area contributed by atoms with Gasteiger partial charge in [0.15, 0.2) is 0 Å². The van der Waals surface area contributed by atoms with Crippen LogP contribution in [0.3, 0.4) is 0 Å². The molecular formula is C10H12ClFO3S. The summed E-state index contributed by atoms with van der Waals surface area (Å²) in [7, 11) is 1.57. The topological polar surface area (TPSA) is 43.4 Å². The molecule has 1 aromatic rings. The molecule has 0 heterocycles. The predicted molar refractivity (Wildman–Crippen MR) is 60.9 cm³/mol. The largest absolute Gasteiger partial charge is 0.493 e. The maximum atomic E-state index is 12.7. The summed E-state index contributed by atoms with van der Waals surface area (Å²) in [4.78, 5) is 0. The summed E-state index contributed by atoms with van der Waals surface area (Å²) >= 11 is 0. The lowest BCUT2D eigenvalue weighted by Gasteiger charge is -2.08. The number of rotatable bonds is 5.